The van der Waals surface area contributed by atoms with Gasteiger partial charge in [-0.15, -0.1) is 0 Å². The first-order valence-electron chi connectivity index (χ1n) is 6.60. The average Bonchev–Trinajstić information content (AvgIpc) is 2.44. The number of carbonyl (C=O) groups excluding carboxylic acids is 2. The highest BCUT2D eigenvalue weighted by Crippen LogP contribution is 2.10. The normalized spacial score (nSPS) is 12.2. The smallest absolute Gasteiger partial charge is 0.241 e. The summed E-state index contributed by atoms with van der Waals surface area (Å²) in [4.78, 5) is 24.8. The second-order valence-corrected chi connectivity index (χ2v) is 4.60. The van der Waals surface area contributed by atoms with Crippen LogP contribution in [-0.4, -0.2) is 35.8 Å². The molecule has 0 aliphatic heterocycles. The first-order valence-corrected chi connectivity index (χ1v) is 6.60. The Hall–Kier alpha value is -1.92. The highest BCUT2D eigenvalue weighted by atomic mass is 16.2. The number of nitrogens with two attached hydrogens (primary N) is 2. The van der Waals surface area contributed by atoms with Crippen LogP contribution in [0, 0.1) is 0 Å². The van der Waals surface area contributed by atoms with Crippen molar-refractivity contribution in [3.63, 3.8) is 0 Å². The number of rotatable bonds is 7. The molecule has 0 radical (unpaired) electrons. The van der Waals surface area contributed by atoms with Crippen molar-refractivity contribution < 1.29 is 9.59 Å². The van der Waals surface area contributed by atoms with E-state index in [0.29, 0.717) is 18.8 Å². The minimum atomic E-state index is -0.446. The number of nitrogens with one attached hydrogen (secondary N) is 1. The first kappa shape index (κ1) is 16.1. The van der Waals surface area contributed by atoms with Gasteiger partial charge in [-0.1, -0.05) is 19.1 Å². The molecule has 2 amide bonds. The van der Waals surface area contributed by atoms with E-state index in [-0.39, 0.29) is 12.5 Å². The molecule has 1 aromatic rings. The van der Waals surface area contributed by atoms with Gasteiger partial charge in [0.2, 0.25) is 11.8 Å². The van der Waals surface area contributed by atoms with E-state index in [1.165, 1.54) is 0 Å². The molecule has 6 heteroatoms. The standard InChI is InChI=1S/C14H22N4O2/c1-3-18(9-13(16)19)10(2)14(20)17-12-6-4-11(8-15)5-7-12/h4-7,10H,3,8-9,15H2,1-2H3,(H2,16,19)(H,17,20). The topological polar surface area (TPSA) is 101 Å². The van der Waals surface area contributed by atoms with Crippen LogP contribution in [0.25, 0.3) is 0 Å². The van der Waals surface area contributed by atoms with Crippen molar-refractivity contribution >= 4 is 17.5 Å². The number of amides is 2. The zero-order valence-corrected chi connectivity index (χ0v) is 11.9. The SMILES string of the molecule is CCN(CC(N)=O)C(C)C(=O)Nc1ccc(CN)cc1. The molecule has 5 N–H and O–H groups in total. The van der Waals surface area contributed by atoms with Gasteiger partial charge < -0.3 is 16.8 Å². The zero-order valence-electron chi connectivity index (χ0n) is 11.9. The number of primary amides is 1. The summed E-state index contributed by atoms with van der Waals surface area (Å²) >= 11 is 0. The molecule has 0 aliphatic carbocycles. The van der Waals surface area contributed by atoms with E-state index in [0.717, 1.165) is 5.56 Å². The van der Waals surface area contributed by atoms with E-state index < -0.39 is 11.9 Å². The van der Waals surface area contributed by atoms with E-state index in [4.69, 9.17) is 11.5 Å². The predicted molar refractivity (Wildman–Crippen MR) is 78.9 cm³/mol. The van der Waals surface area contributed by atoms with Crippen molar-refractivity contribution in [1.29, 1.82) is 0 Å². The van der Waals surface area contributed by atoms with Crippen LogP contribution in [0.2, 0.25) is 0 Å². The van der Waals surface area contributed by atoms with E-state index in [1.807, 2.05) is 19.1 Å². The van der Waals surface area contributed by atoms with Crippen LogP contribution in [0.4, 0.5) is 5.69 Å². The molecule has 1 rings (SSSR count). The van der Waals surface area contributed by atoms with Crippen molar-refractivity contribution in [1.82, 2.24) is 4.90 Å². The van der Waals surface area contributed by atoms with Gasteiger partial charge in [0, 0.05) is 12.2 Å². The third kappa shape index (κ3) is 4.64. The largest absolute Gasteiger partial charge is 0.369 e. The van der Waals surface area contributed by atoms with E-state index in [2.05, 4.69) is 5.32 Å². The van der Waals surface area contributed by atoms with E-state index >= 15 is 0 Å². The second-order valence-electron chi connectivity index (χ2n) is 4.60. The summed E-state index contributed by atoms with van der Waals surface area (Å²) in [6, 6.07) is 6.90. The van der Waals surface area contributed by atoms with Crippen molar-refractivity contribution in [3.8, 4) is 0 Å². The summed E-state index contributed by atoms with van der Waals surface area (Å²) in [6.07, 6.45) is 0. The minimum Gasteiger partial charge on any atom is -0.369 e. The molecule has 0 saturated heterocycles. The lowest BCUT2D eigenvalue weighted by Gasteiger charge is -2.25. The Morgan fingerprint density at radius 1 is 1.30 bits per heavy atom. The summed E-state index contributed by atoms with van der Waals surface area (Å²) in [5.41, 5.74) is 12.4. The Morgan fingerprint density at radius 3 is 2.35 bits per heavy atom. The summed E-state index contributed by atoms with van der Waals surface area (Å²) in [6.45, 7) is 4.73. The van der Waals surface area contributed by atoms with Crippen LogP contribution in [0.15, 0.2) is 24.3 Å². The van der Waals surface area contributed by atoms with Gasteiger partial charge in [-0.3, -0.25) is 14.5 Å². The number of benzene rings is 1. The Kier molecular flexibility index (Phi) is 6.14. The summed E-state index contributed by atoms with van der Waals surface area (Å²) < 4.78 is 0. The second kappa shape index (κ2) is 7.62. The van der Waals surface area contributed by atoms with Gasteiger partial charge in [-0.05, 0) is 31.2 Å². The molecule has 1 aromatic carbocycles. The molecule has 6 nitrogen and oxygen atoms in total. The fraction of sp³-hybridized carbons (Fsp3) is 0.429. The van der Waals surface area contributed by atoms with Crippen LogP contribution in [0.1, 0.15) is 19.4 Å². The van der Waals surface area contributed by atoms with Gasteiger partial charge in [0.05, 0.1) is 12.6 Å². The maximum atomic E-state index is 12.1. The third-order valence-electron chi connectivity index (χ3n) is 3.15. The van der Waals surface area contributed by atoms with Crippen molar-refractivity contribution in [2.24, 2.45) is 11.5 Å². The van der Waals surface area contributed by atoms with Gasteiger partial charge in [0.25, 0.3) is 0 Å². The number of anilines is 1. The molecule has 0 spiro atoms. The molecule has 1 unspecified atom stereocenters. The van der Waals surface area contributed by atoms with Gasteiger partial charge in [-0.2, -0.15) is 0 Å². The summed E-state index contributed by atoms with van der Waals surface area (Å²) in [7, 11) is 0. The number of hydrogen-bond donors (Lipinski definition) is 3. The summed E-state index contributed by atoms with van der Waals surface area (Å²) in [5, 5.41) is 2.81. The molecule has 110 valence electrons. The monoisotopic (exact) mass is 278 g/mol. The Morgan fingerprint density at radius 2 is 1.90 bits per heavy atom. The quantitative estimate of drug-likeness (QED) is 0.666. The highest BCUT2D eigenvalue weighted by molar-refractivity contribution is 5.94. The van der Waals surface area contributed by atoms with Crippen LogP contribution in [-0.2, 0) is 16.1 Å². The lowest BCUT2D eigenvalue weighted by molar-refractivity contribution is -0.123. The molecular formula is C14H22N4O2. The third-order valence-corrected chi connectivity index (χ3v) is 3.15. The van der Waals surface area contributed by atoms with Crippen molar-refractivity contribution in [2.45, 2.75) is 26.4 Å². The minimum absolute atomic E-state index is 0.0667. The van der Waals surface area contributed by atoms with Gasteiger partial charge in [-0.25, -0.2) is 0 Å². The number of nitrogens with zero attached hydrogens (tertiary/aromatic N) is 1. The molecule has 0 fully saturated rings. The van der Waals surface area contributed by atoms with Gasteiger partial charge >= 0.3 is 0 Å². The highest BCUT2D eigenvalue weighted by Gasteiger charge is 2.21. The fourth-order valence-electron chi connectivity index (χ4n) is 1.86. The summed E-state index contributed by atoms with van der Waals surface area (Å²) in [5.74, 6) is -0.618. The Balaban J connectivity index is 2.65. The van der Waals surface area contributed by atoms with Crippen LogP contribution in [0.3, 0.4) is 0 Å². The molecule has 0 heterocycles. The van der Waals surface area contributed by atoms with E-state index in [9.17, 15) is 9.59 Å². The molecule has 0 bridgehead atoms. The predicted octanol–water partition coefficient (Wildman–Crippen LogP) is 0.280. The molecular weight excluding hydrogens is 256 g/mol. The molecule has 1 atom stereocenters. The number of hydrogen-bond acceptors (Lipinski definition) is 4. The maximum Gasteiger partial charge on any atom is 0.241 e. The molecule has 0 saturated carbocycles. The van der Waals surface area contributed by atoms with Gasteiger partial charge in [0.1, 0.15) is 0 Å². The fourth-order valence-corrected chi connectivity index (χ4v) is 1.86. The lowest BCUT2D eigenvalue weighted by Crippen LogP contribution is -2.45. The van der Waals surface area contributed by atoms with Crippen LogP contribution in [0.5, 0.6) is 0 Å². The average molecular weight is 278 g/mol. The van der Waals surface area contributed by atoms with Crippen molar-refractivity contribution in [3.05, 3.63) is 29.8 Å². The molecule has 0 aromatic heterocycles. The molecule has 20 heavy (non-hydrogen) atoms. The van der Waals surface area contributed by atoms with Crippen molar-refractivity contribution in [2.75, 3.05) is 18.4 Å². The van der Waals surface area contributed by atoms with Crippen LogP contribution >= 0.6 is 0 Å². The van der Waals surface area contributed by atoms with E-state index in [1.54, 1.807) is 24.0 Å². The lowest BCUT2D eigenvalue weighted by atomic mass is 10.2. The Labute approximate surface area is 119 Å². The zero-order chi connectivity index (χ0) is 15.1. The number of likely N-dealkylation sites (N-methyl/N-ethyl adjacent to an activating group) is 1. The number of carbonyl (C=O) groups is 2. The van der Waals surface area contributed by atoms with Crippen LogP contribution < -0.4 is 16.8 Å². The molecule has 0 aliphatic rings. The van der Waals surface area contributed by atoms with Gasteiger partial charge in [0.15, 0.2) is 0 Å². The maximum absolute atomic E-state index is 12.1. The first-order chi connectivity index (χ1) is 9.47. The Bertz CT molecular complexity index is 459.